The molecule has 4 aliphatic carbocycles. The Balaban J connectivity index is 1.59. The Morgan fingerprint density at radius 1 is 1.00 bits per heavy atom. The van der Waals surface area contributed by atoms with E-state index in [1.807, 2.05) is 0 Å². The maximum atomic E-state index is 11.6. The van der Waals surface area contributed by atoms with Crippen molar-refractivity contribution in [2.24, 2.45) is 38.9 Å². The number of rotatable bonds is 2. The molecule has 1 heterocycles. The Kier molecular flexibility index (Phi) is 5.81. The zero-order valence-electron chi connectivity index (χ0n) is 23.9. The molecule has 0 aromatic rings. The number of carbonyl (C=O) groups excluding carboxylic acids is 1. The maximum Gasteiger partial charge on any atom is 0.302 e. The van der Waals surface area contributed by atoms with E-state index in [1.54, 1.807) is 18.1 Å². The van der Waals surface area contributed by atoms with Crippen molar-refractivity contribution >= 4 is 5.97 Å². The van der Waals surface area contributed by atoms with Gasteiger partial charge in [0, 0.05) is 17.9 Å². The lowest BCUT2D eigenvalue weighted by molar-refractivity contribution is -0.145. The lowest BCUT2D eigenvalue weighted by Crippen LogP contribution is -2.62. The highest BCUT2D eigenvalue weighted by molar-refractivity contribution is 5.65. The van der Waals surface area contributed by atoms with E-state index in [0.29, 0.717) is 34.7 Å². The number of ether oxygens (including phenoxy) is 1. The lowest BCUT2D eigenvalue weighted by atomic mass is 9.37. The number of nitrogens with one attached hydrogen (secondary N) is 1. The first-order valence-electron chi connectivity index (χ1n) is 14.5. The summed E-state index contributed by atoms with van der Waals surface area (Å²) in [5, 5.41) is 3.92. The molecule has 0 aromatic heterocycles. The largest absolute Gasteiger partial charge is 0.465 e. The van der Waals surface area contributed by atoms with Gasteiger partial charge in [0.15, 0.2) is 0 Å². The molecule has 2 saturated carbocycles. The van der Waals surface area contributed by atoms with Crippen molar-refractivity contribution in [3.8, 4) is 0 Å². The first-order chi connectivity index (χ1) is 16.2. The minimum atomic E-state index is -0.149. The topological polar surface area (TPSA) is 38.3 Å². The first kappa shape index (κ1) is 25.6. The predicted octanol–water partition coefficient (Wildman–Crippen LogP) is 7.61. The fraction of sp³-hybridized carbons (Fsp3) is 0.844. The second-order valence-electron chi connectivity index (χ2n) is 15.2. The van der Waals surface area contributed by atoms with Gasteiger partial charge < -0.3 is 10.1 Å². The van der Waals surface area contributed by atoms with Crippen molar-refractivity contribution in [2.45, 2.75) is 119 Å². The Morgan fingerprint density at radius 2 is 1.71 bits per heavy atom. The van der Waals surface area contributed by atoms with Crippen LogP contribution in [-0.2, 0) is 9.53 Å². The number of carbonyl (C=O) groups is 1. The molecule has 1 aliphatic heterocycles. The number of fused-ring (bicyclic) bond motifs is 6. The Bertz CT molecular complexity index is 963. The molecule has 196 valence electrons. The summed E-state index contributed by atoms with van der Waals surface area (Å²) in [6, 6.07) is 0. The molecule has 0 radical (unpaired) electrons. The van der Waals surface area contributed by atoms with Gasteiger partial charge in [-0.1, -0.05) is 52.3 Å². The molecule has 0 aromatic carbocycles. The quantitative estimate of drug-likeness (QED) is 0.412. The number of allylic oxidation sites excluding steroid dienone is 4. The molecule has 0 bridgehead atoms. The van der Waals surface area contributed by atoms with Crippen LogP contribution in [0.1, 0.15) is 113 Å². The smallest absolute Gasteiger partial charge is 0.302 e. The van der Waals surface area contributed by atoms with Gasteiger partial charge in [0.2, 0.25) is 0 Å². The molecular weight excluding hydrogens is 430 g/mol. The van der Waals surface area contributed by atoms with E-state index in [1.165, 1.54) is 44.9 Å². The SMILES string of the molecule is CC(=O)OC[C@]1(C)CC[C@]2(C)CC[C@]3(C)C(=C2C1)C=C[C@@H]1[C@@]2(C)CCCNC(C)(C)[C@@H]2CC[C@]13C. The van der Waals surface area contributed by atoms with Gasteiger partial charge in [-0.15, -0.1) is 0 Å². The van der Waals surface area contributed by atoms with Crippen LogP contribution in [-0.4, -0.2) is 24.7 Å². The van der Waals surface area contributed by atoms with Crippen molar-refractivity contribution in [1.82, 2.24) is 5.32 Å². The van der Waals surface area contributed by atoms with Crippen LogP contribution in [0.25, 0.3) is 0 Å². The standard InChI is InChI=1S/C32H51NO2/c1-22(34)35-21-28(4)15-16-29(5)17-18-31(7)23(24(29)20-28)10-11-26-30(6)13-9-19-33-27(2,3)25(30)12-14-32(26,31)8/h10-11,25-26,33H,9,12-21H2,1-8H3/t25-,26+,28+,29+,30-,31+,32+/m0/s1. The van der Waals surface area contributed by atoms with Gasteiger partial charge in [-0.2, -0.15) is 0 Å². The van der Waals surface area contributed by atoms with Gasteiger partial charge in [-0.3, -0.25) is 4.79 Å². The second kappa shape index (κ2) is 7.95. The summed E-state index contributed by atoms with van der Waals surface area (Å²) in [5.74, 6) is 1.20. The average molecular weight is 482 g/mol. The van der Waals surface area contributed by atoms with E-state index in [4.69, 9.17) is 4.74 Å². The van der Waals surface area contributed by atoms with Crippen molar-refractivity contribution in [3.05, 3.63) is 23.3 Å². The highest BCUT2D eigenvalue weighted by Crippen LogP contribution is 2.72. The summed E-state index contributed by atoms with van der Waals surface area (Å²) in [6.07, 6.45) is 16.6. The maximum absolute atomic E-state index is 11.6. The predicted molar refractivity (Wildman–Crippen MR) is 144 cm³/mol. The van der Waals surface area contributed by atoms with Crippen LogP contribution < -0.4 is 5.32 Å². The summed E-state index contributed by atoms with van der Waals surface area (Å²) in [5.41, 5.74) is 4.76. The van der Waals surface area contributed by atoms with Crippen molar-refractivity contribution in [1.29, 1.82) is 0 Å². The third-order valence-electron chi connectivity index (χ3n) is 12.5. The highest BCUT2D eigenvalue weighted by atomic mass is 16.5. The number of hydrogen-bond donors (Lipinski definition) is 1. The van der Waals surface area contributed by atoms with Crippen LogP contribution in [0, 0.1) is 38.9 Å². The highest BCUT2D eigenvalue weighted by Gasteiger charge is 2.65. The van der Waals surface area contributed by atoms with Crippen LogP contribution in [0.5, 0.6) is 0 Å². The molecule has 35 heavy (non-hydrogen) atoms. The minimum Gasteiger partial charge on any atom is -0.465 e. The molecule has 3 heteroatoms. The molecule has 0 spiro atoms. The molecule has 3 fully saturated rings. The zero-order chi connectivity index (χ0) is 25.5. The normalized spacial score (nSPS) is 48.7. The molecule has 1 saturated heterocycles. The summed E-state index contributed by atoms with van der Waals surface area (Å²) >= 11 is 0. The number of esters is 1. The molecule has 5 rings (SSSR count). The minimum absolute atomic E-state index is 0.0535. The Labute approximate surface area is 214 Å². The molecule has 1 N–H and O–H groups in total. The first-order valence-corrected chi connectivity index (χ1v) is 14.5. The monoisotopic (exact) mass is 481 g/mol. The molecule has 3 nitrogen and oxygen atoms in total. The Hall–Kier alpha value is -1.09. The van der Waals surface area contributed by atoms with Crippen LogP contribution in [0.15, 0.2) is 23.3 Å². The molecule has 7 atom stereocenters. The van der Waals surface area contributed by atoms with Gasteiger partial charge in [-0.05, 0) is 117 Å². The van der Waals surface area contributed by atoms with Crippen LogP contribution >= 0.6 is 0 Å². The molecule has 5 aliphatic rings. The van der Waals surface area contributed by atoms with E-state index in [-0.39, 0.29) is 22.3 Å². The molecule has 0 amide bonds. The van der Waals surface area contributed by atoms with E-state index < -0.39 is 0 Å². The van der Waals surface area contributed by atoms with E-state index in [9.17, 15) is 4.79 Å². The summed E-state index contributed by atoms with van der Waals surface area (Å²) in [7, 11) is 0. The van der Waals surface area contributed by atoms with E-state index in [0.717, 1.165) is 19.4 Å². The second-order valence-corrected chi connectivity index (χ2v) is 15.2. The fourth-order valence-corrected chi connectivity index (χ4v) is 10.1. The van der Waals surface area contributed by atoms with Gasteiger partial charge in [0.1, 0.15) is 0 Å². The molecular formula is C32H51NO2. The van der Waals surface area contributed by atoms with Gasteiger partial charge in [0.25, 0.3) is 0 Å². The summed E-state index contributed by atoms with van der Waals surface area (Å²) in [4.78, 5) is 11.6. The third kappa shape index (κ3) is 3.64. The van der Waals surface area contributed by atoms with Crippen LogP contribution in [0.4, 0.5) is 0 Å². The van der Waals surface area contributed by atoms with Crippen LogP contribution in [0.2, 0.25) is 0 Å². The summed E-state index contributed by atoms with van der Waals surface area (Å²) in [6.45, 7) is 21.0. The number of hydrogen-bond acceptors (Lipinski definition) is 3. The zero-order valence-corrected chi connectivity index (χ0v) is 23.9. The summed E-state index contributed by atoms with van der Waals surface area (Å²) < 4.78 is 5.58. The fourth-order valence-electron chi connectivity index (χ4n) is 10.1. The van der Waals surface area contributed by atoms with E-state index in [2.05, 4.69) is 65.9 Å². The van der Waals surface area contributed by atoms with Gasteiger partial charge >= 0.3 is 5.97 Å². The average Bonchev–Trinajstić information content (AvgIpc) is 2.89. The van der Waals surface area contributed by atoms with Crippen LogP contribution in [0.3, 0.4) is 0 Å². The molecule has 0 unspecified atom stereocenters. The van der Waals surface area contributed by atoms with Crippen molar-refractivity contribution in [3.63, 3.8) is 0 Å². The lowest BCUT2D eigenvalue weighted by Gasteiger charge is -2.67. The van der Waals surface area contributed by atoms with Gasteiger partial charge in [-0.25, -0.2) is 0 Å². The van der Waals surface area contributed by atoms with Gasteiger partial charge in [0.05, 0.1) is 6.61 Å². The van der Waals surface area contributed by atoms with E-state index >= 15 is 0 Å². The Morgan fingerprint density at radius 3 is 2.43 bits per heavy atom. The third-order valence-corrected chi connectivity index (χ3v) is 12.5. The van der Waals surface area contributed by atoms with Crippen molar-refractivity contribution in [2.75, 3.05) is 13.2 Å². The van der Waals surface area contributed by atoms with Crippen molar-refractivity contribution < 1.29 is 9.53 Å².